The Morgan fingerprint density at radius 3 is 2.11 bits per heavy atom. The Morgan fingerprint density at radius 2 is 1.53 bits per heavy atom. The van der Waals surface area contributed by atoms with Crippen LogP contribution in [-0.2, 0) is 49.8 Å². The molecule has 62 heavy (non-hydrogen) atoms. The van der Waals surface area contributed by atoms with E-state index in [9.17, 15) is 48.2 Å². The molecule has 0 radical (unpaired) electrons. The van der Waals surface area contributed by atoms with Crippen LogP contribution in [0.1, 0.15) is 66.9 Å². The van der Waals surface area contributed by atoms with Gasteiger partial charge in [0.2, 0.25) is 16.3 Å². The molecule has 3 aliphatic rings. The van der Waals surface area contributed by atoms with Crippen LogP contribution in [0.3, 0.4) is 0 Å². The molecule has 2 aliphatic heterocycles. The maximum Gasteiger partial charge on any atom is 0.408 e. The molecule has 1 saturated heterocycles. The highest BCUT2D eigenvalue weighted by atomic mass is 32.2. The number of aliphatic hydroxyl groups is 3. The van der Waals surface area contributed by atoms with Crippen molar-refractivity contribution in [2.24, 2.45) is 0 Å². The number of non-ortho nitro benzene ring substituents is 1. The lowest BCUT2D eigenvalue weighted by Crippen LogP contribution is -2.70. The van der Waals surface area contributed by atoms with E-state index < -0.39 is 111 Å². The summed E-state index contributed by atoms with van der Waals surface area (Å²) in [5, 5.41) is 56.0. The lowest BCUT2D eigenvalue weighted by atomic mass is 9.83. The summed E-state index contributed by atoms with van der Waals surface area (Å²) in [6.45, 7) is 10.4. The summed E-state index contributed by atoms with van der Waals surface area (Å²) in [4.78, 5) is 49.5. The average Bonchev–Trinajstić information content (AvgIpc) is 3.12. The largest absolute Gasteiger partial charge is 0.465 e. The average molecular weight is 905 g/mol. The molecular weight excluding hydrogens is 845 g/mol. The first-order valence-electron chi connectivity index (χ1n) is 19.8. The van der Waals surface area contributed by atoms with E-state index in [0.717, 1.165) is 6.26 Å². The molecule has 1 aliphatic carbocycles. The minimum atomic E-state index is -4.02. The molecule has 24 heteroatoms. The van der Waals surface area contributed by atoms with Crippen LogP contribution in [0.25, 0.3) is 0 Å². The molecule has 350 valence electrons. The lowest BCUT2D eigenvalue weighted by Gasteiger charge is -2.49. The van der Waals surface area contributed by atoms with Crippen LogP contribution in [0, 0.1) is 10.1 Å². The Bertz CT molecular complexity index is 1890. The van der Waals surface area contributed by atoms with E-state index in [1.165, 1.54) is 32.2 Å². The SMILES string of the molecule is CN[C@@H]1[C@@H](O)[C@@H](O[C@@H]2[C@@H](O)[C@H](O[C@H]3OC(CNC(=O)OCc4cccc([N+](=O)[O-])c4)=CC[C@H]3NC(=O)OC(C)(C)C)[C@@H](NC(=O)OC(C)(C)C)C[C@H]2NS(C)(=O)=O)OC[C@]1(C)O. The fourth-order valence-electron chi connectivity index (χ4n) is 7.01. The van der Waals surface area contributed by atoms with Gasteiger partial charge in [-0.15, -0.1) is 0 Å². The Balaban J connectivity index is 1.64. The molecule has 1 aromatic rings. The second-order valence-electron chi connectivity index (χ2n) is 17.5. The van der Waals surface area contributed by atoms with E-state index in [1.54, 1.807) is 53.7 Å². The van der Waals surface area contributed by atoms with Crippen LogP contribution in [0.15, 0.2) is 36.1 Å². The monoisotopic (exact) mass is 904 g/mol. The highest BCUT2D eigenvalue weighted by Crippen LogP contribution is 2.33. The minimum absolute atomic E-state index is 0.0161. The summed E-state index contributed by atoms with van der Waals surface area (Å²) in [5.74, 6) is 0.111. The summed E-state index contributed by atoms with van der Waals surface area (Å²) < 4.78 is 68.3. The zero-order valence-corrected chi connectivity index (χ0v) is 36.9. The number of benzene rings is 1. The number of nitro benzene ring substituents is 1. The van der Waals surface area contributed by atoms with Crippen LogP contribution in [0.2, 0.25) is 0 Å². The lowest BCUT2D eigenvalue weighted by molar-refractivity contribution is -0.384. The van der Waals surface area contributed by atoms with E-state index in [2.05, 4.69) is 26.0 Å². The first-order valence-corrected chi connectivity index (χ1v) is 21.7. The van der Waals surface area contributed by atoms with E-state index >= 15 is 0 Å². The minimum Gasteiger partial charge on any atom is -0.465 e. The normalized spacial score (nSPS) is 30.5. The van der Waals surface area contributed by atoms with E-state index in [1.807, 2.05) is 0 Å². The summed E-state index contributed by atoms with van der Waals surface area (Å²) in [7, 11) is -2.53. The van der Waals surface area contributed by atoms with Gasteiger partial charge in [0.05, 0.1) is 48.5 Å². The van der Waals surface area contributed by atoms with Gasteiger partial charge in [0, 0.05) is 12.1 Å². The molecule has 1 aromatic carbocycles. The number of hydrogen-bond acceptors (Lipinski definition) is 18. The third-order valence-electron chi connectivity index (χ3n) is 9.56. The number of ether oxygens (including phenoxy) is 7. The molecule has 23 nitrogen and oxygen atoms in total. The second kappa shape index (κ2) is 20.4. The summed E-state index contributed by atoms with van der Waals surface area (Å²) in [6, 6.07) is 0.990. The molecule has 4 rings (SSSR count). The molecule has 8 N–H and O–H groups in total. The van der Waals surface area contributed by atoms with Crippen molar-refractivity contribution >= 4 is 34.0 Å². The maximum absolute atomic E-state index is 13.2. The standard InChI is InChI=1S/C38H60N6O17S/c1-36(2,3)60-34(48)41-23-14-13-22(17-40-33(47)55-18-20-11-10-12-21(15-20)44(51)52)57-31(23)58-28-24(42-35(49)61-37(4,5)6)16-25(43-62(9,53)54)29(26(28)45)59-32-27(46)30(39-8)38(7,50)19-56-32/h10-13,15,23-32,39,43,45-46,50H,14,16-19H2,1-9H3,(H,40,47)(H,41,48)(H,42,49)/t23-,24+,25-,26+,27-,28-,29+,30-,31-,32-,38+/m1/s1. The van der Waals surface area contributed by atoms with E-state index in [-0.39, 0.29) is 44.0 Å². The number of nitro groups is 1. The van der Waals surface area contributed by atoms with Gasteiger partial charge in [-0.05, 0) is 80.0 Å². The zero-order valence-electron chi connectivity index (χ0n) is 36.1. The number of likely N-dealkylation sites (N-methyl/N-ethyl adjacent to an activating group) is 1. The van der Waals surface area contributed by atoms with Gasteiger partial charge in [0.25, 0.3) is 5.69 Å². The number of nitrogens with one attached hydrogen (secondary N) is 5. The topological polar surface area (TPSA) is 314 Å². The number of carbonyl (C=O) groups is 3. The fourth-order valence-corrected chi connectivity index (χ4v) is 7.79. The molecule has 3 amide bonds. The van der Waals surface area contributed by atoms with Crippen molar-refractivity contribution < 1.29 is 76.2 Å². The first-order chi connectivity index (χ1) is 28.6. The summed E-state index contributed by atoms with van der Waals surface area (Å²) >= 11 is 0. The van der Waals surface area contributed by atoms with Crippen LogP contribution >= 0.6 is 0 Å². The number of alkyl carbamates (subject to hydrolysis) is 3. The van der Waals surface area contributed by atoms with Crippen molar-refractivity contribution in [3.8, 4) is 0 Å². The molecule has 0 aromatic heterocycles. The molecule has 0 unspecified atom stereocenters. The van der Waals surface area contributed by atoms with Gasteiger partial charge in [-0.1, -0.05) is 12.1 Å². The van der Waals surface area contributed by atoms with Gasteiger partial charge in [-0.2, -0.15) is 0 Å². The van der Waals surface area contributed by atoms with Crippen molar-refractivity contribution in [2.75, 3.05) is 26.5 Å². The van der Waals surface area contributed by atoms with Crippen LogP contribution in [0.4, 0.5) is 20.1 Å². The number of hydrogen-bond donors (Lipinski definition) is 8. The highest BCUT2D eigenvalue weighted by Gasteiger charge is 2.53. The van der Waals surface area contributed by atoms with Gasteiger partial charge in [-0.3, -0.25) is 10.1 Å². The zero-order chi connectivity index (χ0) is 46.4. The van der Waals surface area contributed by atoms with E-state index in [4.69, 9.17) is 33.2 Å². The van der Waals surface area contributed by atoms with Gasteiger partial charge < -0.3 is 69.7 Å². The molecule has 1 saturated carbocycles. The van der Waals surface area contributed by atoms with Crippen molar-refractivity contribution in [3.05, 3.63) is 51.8 Å². The van der Waals surface area contributed by atoms with Crippen molar-refractivity contribution in [2.45, 2.75) is 146 Å². The smallest absolute Gasteiger partial charge is 0.408 e. The number of amides is 3. The number of nitrogens with zero attached hydrogens (tertiary/aromatic N) is 1. The highest BCUT2D eigenvalue weighted by molar-refractivity contribution is 7.88. The van der Waals surface area contributed by atoms with Crippen LogP contribution in [-0.4, -0.2) is 151 Å². The molecule has 2 heterocycles. The predicted octanol–water partition coefficient (Wildman–Crippen LogP) is 0.747. The molecular formula is C38H60N6O17S. The molecule has 11 atom stereocenters. The summed E-state index contributed by atoms with van der Waals surface area (Å²) in [5.41, 5.74) is -3.26. The molecule has 0 spiro atoms. The number of sulfonamides is 1. The van der Waals surface area contributed by atoms with Crippen LogP contribution < -0.4 is 26.0 Å². The Kier molecular flexibility index (Phi) is 16.5. The fraction of sp³-hybridized carbons (Fsp3) is 0.711. The Hall–Kier alpha value is -4.40. The predicted molar refractivity (Wildman–Crippen MR) is 217 cm³/mol. The van der Waals surface area contributed by atoms with Gasteiger partial charge in [0.1, 0.15) is 53.6 Å². The molecule has 2 fully saturated rings. The van der Waals surface area contributed by atoms with Crippen molar-refractivity contribution in [1.29, 1.82) is 0 Å². The quantitative estimate of drug-likeness (QED) is 0.0725. The van der Waals surface area contributed by atoms with E-state index in [0.29, 0.717) is 5.56 Å². The van der Waals surface area contributed by atoms with Gasteiger partial charge in [0.15, 0.2) is 6.29 Å². The van der Waals surface area contributed by atoms with Crippen molar-refractivity contribution in [1.82, 2.24) is 26.0 Å². The molecule has 0 bridgehead atoms. The van der Waals surface area contributed by atoms with Gasteiger partial charge >= 0.3 is 18.3 Å². The first kappa shape index (κ1) is 50.2. The van der Waals surface area contributed by atoms with Crippen LogP contribution in [0.5, 0.6) is 0 Å². The third kappa shape index (κ3) is 14.9. The van der Waals surface area contributed by atoms with Gasteiger partial charge in [-0.25, -0.2) is 27.5 Å². The number of carbonyl (C=O) groups excluding carboxylic acids is 3. The summed E-state index contributed by atoms with van der Waals surface area (Å²) in [6.07, 6.45) is -10.1. The Morgan fingerprint density at radius 1 is 0.935 bits per heavy atom. The van der Waals surface area contributed by atoms with Crippen molar-refractivity contribution in [3.63, 3.8) is 0 Å². The number of rotatable bonds is 14. The Labute approximate surface area is 359 Å². The third-order valence-corrected chi connectivity index (χ3v) is 10.3. The number of aliphatic hydroxyl groups excluding tert-OH is 2. The maximum atomic E-state index is 13.2. The second-order valence-corrected chi connectivity index (χ2v) is 19.3.